The molecule has 3 aromatic rings. The van der Waals surface area contributed by atoms with E-state index < -0.39 is 28.9 Å². The van der Waals surface area contributed by atoms with E-state index in [4.69, 9.17) is 11.6 Å². The number of benzene rings is 2. The highest BCUT2D eigenvalue weighted by Gasteiger charge is 2.17. The number of nitrogens with zero attached hydrogens (tertiary/aromatic N) is 1. The van der Waals surface area contributed by atoms with Crippen LogP contribution in [0.1, 0.15) is 20.7 Å². The van der Waals surface area contributed by atoms with Gasteiger partial charge in [-0.3, -0.25) is 9.59 Å². The lowest BCUT2D eigenvalue weighted by atomic mass is 10.2. The maximum Gasteiger partial charge on any atom is 0.337 e. The van der Waals surface area contributed by atoms with E-state index in [9.17, 15) is 23.6 Å². The third kappa shape index (κ3) is 4.09. The predicted molar refractivity (Wildman–Crippen MR) is 103 cm³/mol. The summed E-state index contributed by atoms with van der Waals surface area (Å²) in [4.78, 5) is 51.0. The van der Waals surface area contributed by atoms with E-state index in [0.29, 0.717) is 10.3 Å². The van der Waals surface area contributed by atoms with E-state index in [1.807, 2.05) is 0 Å². The number of hydrogen-bond acceptors (Lipinski definition) is 5. The number of hydrogen-bond donors (Lipinski definition) is 2. The first-order valence-corrected chi connectivity index (χ1v) is 8.49. The van der Waals surface area contributed by atoms with Gasteiger partial charge in [0, 0.05) is 11.9 Å². The normalized spacial score (nSPS) is 10.4. The number of esters is 1. The highest BCUT2D eigenvalue weighted by Crippen LogP contribution is 2.17. The first-order valence-electron chi connectivity index (χ1n) is 8.11. The van der Waals surface area contributed by atoms with Crippen LogP contribution < -0.4 is 16.6 Å². The molecule has 2 N–H and O–H groups in total. The van der Waals surface area contributed by atoms with Gasteiger partial charge in [0.2, 0.25) is 0 Å². The fourth-order valence-corrected chi connectivity index (χ4v) is 2.67. The number of rotatable bonds is 4. The average Bonchev–Trinajstić information content (AvgIpc) is 2.70. The topological polar surface area (TPSA) is 110 Å². The van der Waals surface area contributed by atoms with E-state index >= 15 is 0 Å². The number of H-pyrrole nitrogens is 1. The highest BCUT2D eigenvalue weighted by molar-refractivity contribution is 6.30. The zero-order valence-electron chi connectivity index (χ0n) is 14.9. The van der Waals surface area contributed by atoms with Crippen molar-refractivity contribution in [2.24, 2.45) is 0 Å². The summed E-state index contributed by atoms with van der Waals surface area (Å²) in [5, 5.41) is 2.21. The predicted octanol–water partition coefficient (Wildman–Crippen LogP) is 2.36. The number of halogens is 2. The van der Waals surface area contributed by atoms with E-state index in [1.54, 1.807) is 0 Å². The van der Waals surface area contributed by atoms with Crippen LogP contribution in [0.4, 0.5) is 10.1 Å². The summed E-state index contributed by atoms with van der Waals surface area (Å²) in [7, 11) is 1.24. The molecule has 10 heteroatoms. The molecule has 0 aliphatic heterocycles. The molecule has 8 nitrogen and oxygen atoms in total. The lowest BCUT2D eigenvalue weighted by molar-refractivity contribution is 0.0600. The van der Waals surface area contributed by atoms with Crippen molar-refractivity contribution in [2.75, 3.05) is 12.4 Å². The molecule has 0 radical (unpaired) electrons. The first-order chi connectivity index (χ1) is 13.8. The van der Waals surface area contributed by atoms with Gasteiger partial charge in [0.1, 0.15) is 11.4 Å². The van der Waals surface area contributed by atoms with Gasteiger partial charge in [0.25, 0.3) is 11.5 Å². The molecule has 29 heavy (non-hydrogen) atoms. The Balaban J connectivity index is 1.94. The number of ether oxygens (including phenoxy) is 1. The summed E-state index contributed by atoms with van der Waals surface area (Å²) >= 11 is 5.71. The lowest BCUT2D eigenvalue weighted by Gasteiger charge is -2.09. The quantitative estimate of drug-likeness (QED) is 0.633. The SMILES string of the molecule is COC(=O)c1ccc(NC(=O)c2c[nH]c(=O)n(-c3ccc(F)c(Cl)c3)c2=O)cc1. The van der Waals surface area contributed by atoms with Gasteiger partial charge in [-0.15, -0.1) is 0 Å². The van der Waals surface area contributed by atoms with Gasteiger partial charge in [-0.1, -0.05) is 11.6 Å². The molecule has 0 aliphatic rings. The number of anilines is 1. The molecule has 1 amide bonds. The molecule has 0 fully saturated rings. The van der Waals surface area contributed by atoms with Crippen LogP contribution in [0, 0.1) is 5.82 Å². The summed E-state index contributed by atoms with van der Waals surface area (Å²) in [5.74, 6) is -2.05. The molecule has 3 rings (SSSR count). The van der Waals surface area contributed by atoms with Gasteiger partial charge in [-0.2, -0.15) is 0 Å². The fourth-order valence-electron chi connectivity index (χ4n) is 2.50. The number of nitrogens with one attached hydrogen (secondary N) is 2. The van der Waals surface area contributed by atoms with Gasteiger partial charge in [-0.05, 0) is 42.5 Å². The smallest absolute Gasteiger partial charge is 0.337 e. The molecule has 0 atom stereocenters. The van der Waals surface area contributed by atoms with Crippen molar-refractivity contribution in [1.82, 2.24) is 9.55 Å². The molecule has 0 saturated carbocycles. The monoisotopic (exact) mass is 417 g/mol. The molecule has 0 bridgehead atoms. The first kappa shape index (κ1) is 20.0. The van der Waals surface area contributed by atoms with Gasteiger partial charge in [0.05, 0.1) is 23.4 Å². The largest absolute Gasteiger partial charge is 0.465 e. The fraction of sp³-hybridized carbons (Fsp3) is 0.0526. The third-order valence-corrected chi connectivity index (χ3v) is 4.24. The Morgan fingerprint density at radius 2 is 1.83 bits per heavy atom. The standard InChI is InChI=1S/C19H13ClFN3O5/c1-29-18(27)10-2-4-11(5-3-10)23-16(25)13-9-22-19(28)24(17(13)26)12-6-7-15(21)14(20)8-12/h2-9H,1H3,(H,22,28)(H,23,25). The van der Waals surface area contributed by atoms with E-state index in [0.717, 1.165) is 18.3 Å². The minimum Gasteiger partial charge on any atom is -0.465 e. The van der Waals surface area contributed by atoms with Crippen molar-refractivity contribution >= 4 is 29.2 Å². The van der Waals surface area contributed by atoms with Crippen molar-refractivity contribution in [3.05, 3.63) is 91.5 Å². The summed E-state index contributed by atoms with van der Waals surface area (Å²) in [6, 6.07) is 9.06. The van der Waals surface area contributed by atoms with Crippen molar-refractivity contribution < 1.29 is 18.7 Å². The molecule has 0 saturated heterocycles. The van der Waals surface area contributed by atoms with Crippen LogP contribution in [0.3, 0.4) is 0 Å². The zero-order chi connectivity index (χ0) is 21.1. The molecule has 0 aliphatic carbocycles. The Labute approximate surface area is 167 Å². The van der Waals surface area contributed by atoms with Crippen LogP contribution in [-0.2, 0) is 4.74 Å². The Hall–Kier alpha value is -3.72. The Kier molecular flexibility index (Phi) is 5.60. The van der Waals surface area contributed by atoms with Crippen molar-refractivity contribution in [1.29, 1.82) is 0 Å². The number of carbonyl (C=O) groups is 2. The molecule has 1 heterocycles. The number of aromatic amines is 1. The summed E-state index contributed by atoms with van der Waals surface area (Å²) < 4.78 is 18.6. The van der Waals surface area contributed by atoms with E-state index in [2.05, 4.69) is 15.0 Å². The molecule has 0 unspecified atom stereocenters. The van der Waals surface area contributed by atoms with Crippen LogP contribution in [0.15, 0.2) is 58.3 Å². The maximum absolute atomic E-state index is 13.4. The molecular weight excluding hydrogens is 405 g/mol. The maximum atomic E-state index is 13.4. The Bertz CT molecular complexity index is 1220. The number of aromatic nitrogens is 2. The van der Waals surface area contributed by atoms with Crippen LogP contribution in [0.5, 0.6) is 0 Å². The van der Waals surface area contributed by atoms with Crippen molar-refractivity contribution in [2.45, 2.75) is 0 Å². The van der Waals surface area contributed by atoms with Crippen LogP contribution in [-0.4, -0.2) is 28.5 Å². The average molecular weight is 418 g/mol. The van der Waals surface area contributed by atoms with E-state index in [-0.39, 0.29) is 21.8 Å². The van der Waals surface area contributed by atoms with Gasteiger partial charge < -0.3 is 15.0 Å². The van der Waals surface area contributed by atoms with Gasteiger partial charge in [0.15, 0.2) is 0 Å². The second-order valence-corrected chi connectivity index (χ2v) is 6.18. The molecule has 2 aromatic carbocycles. The Morgan fingerprint density at radius 1 is 1.14 bits per heavy atom. The minimum absolute atomic E-state index is 0.000249. The van der Waals surface area contributed by atoms with Crippen molar-refractivity contribution in [3.8, 4) is 5.69 Å². The number of carbonyl (C=O) groups excluding carboxylic acids is 2. The third-order valence-electron chi connectivity index (χ3n) is 3.95. The molecule has 1 aromatic heterocycles. The van der Waals surface area contributed by atoms with Crippen molar-refractivity contribution in [3.63, 3.8) is 0 Å². The second kappa shape index (κ2) is 8.11. The summed E-state index contributed by atoms with van der Waals surface area (Å²) in [6.45, 7) is 0. The van der Waals surface area contributed by atoms with Crippen LogP contribution in [0.25, 0.3) is 5.69 Å². The highest BCUT2D eigenvalue weighted by atomic mass is 35.5. The minimum atomic E-state index is -0.917. The number of methoxy groups -OCH3 is 1. The van der Waals surface area contributed by atoms with Gasteiger partial charge >= 0.3 is 11.7 Å². The second-order valence-electron chi connectivity index (χ2n) is 5.77. The van der Waals surface area contributed by atoms with Crippen LogP contribution >= 0.6 is 11.6 Å². The molecule has 148 valence electrons. The molecular formula is C19H13ClFN3O5. The summed E-state index contributed by atoms with van der Waals surface area (Å²) in [5.41, 5.74) is -1.51. The number of amides is 1. The lowest BCUT2D eigenvalue weighted by Crippen LogP contribution is -2.38. The summed E-state index contributed by atoms with van der Waals surface area (Å²) in [6.07, 6.45) is 0.977. The van der Waals surface area contributed by atoms with Crippen LogP contribution in [0.2, 0.25) is 5.02 Å². The Morgan fingerprint density at radius 3 is 2.45 bits per heavy atom. The molecule has 0 spiro atoms. The van der Waals surface area contributed by atoms with E-state index in [1.165, 1.54) is 37.4 Å². The zero-order valence-corrected chi connectivity index (χ0v) is 15.6. The van der Waals surface area contributed by atoms with Gasteiger partial charge in [-0.25, -0.2) is 18.5 Å².